The standard InChI is InChI=1S/C28H24ClF3N4O3/c1-2-23-25(29)26(35-18-34-23)36(27(37)38-17-20-6-4-3-5-7-20)15-14-19-8-11-22(12-9-19)39-24-13-10-21(16-33-24)28(30,31)32/h3-13,16,18H,2,14-15,17H2,1H3. The largest absolute Gasteiger partial charge is 0.444 e. The first kappa shape index (κ1) is 27.8. The lowest BCUT2D eigenvalue weighted by Crippen LogP contribution is -2.34. The van der Waals surface area contributed by atoms with Gasteiger partial charge in [0.25, 0.3) is 0 Å². The van der Waals surface area contributed by atoms with Crippen molar-refractivity contribution >= 4 is 23.5 Å². The van der Waals surface area contributed by atoms with Gasteiger partial charge >= 0.3 is 12.3 Å². The van der Waals surface area contributed by atoms with Crippen LogP contribution < -0.4 is 9.64 Å². The molecule has 0 atom stereocenters. The summed E-state index contributed by atoms with van der Waals surface area (Å²) in [6.07, 6.45) is -1.99. The molecule has 4 aromatic rings. The number of aryl methyl sites for hydroxylation is 1. The smallest absolute Gasteiger partial charge is 0.417 e. The van der Waals surface area contributed by atoms with E-state index in [0.29, 0.717) is 24.3 Å². The van der Waals surface area contributed by atoms with Gasteiger partial charge in [0.15, 0.2) is 5.82 Å². The highest BCUT2D eigenvalue weighted by Gasteiger charge is 2.30. The Bertz CT molecular complexity index is 1390. The van der Waals surface area contributed by atoms with Crippen LogP contribution in [0, 0.1) is 0 Å². The van der Waals surface area contributed by atoms with E-state index in [1.807, 2.05) is 37.3 Å². The SMILES string of the molecule is CCc1ncnc(N(CCc2ccc(Oc3ccc(C(F)(F)F)cn3)cc2)C(=O)OCc2ccccc2)c1Cl. The number of alkyl halides is 3. The minimum atomic E-state index is -4.47. The van der Waals surface area contributed by atoms with Crippen LogP contribution >= 0.6 is 11.6 Å². The van der Waals surface area contributed by atoms with Gasteiger partial charge in [0.2, 0.25) is 5.88 Å². The van der Waals surface area contributed by atoms with Crippen molar-refractivity contribution in [2.75, 3.05) is 11.4 Å². The Balaban J connectivity index is 1.44. The Morgan fingerprint density at radius 1 is 0.949 bits per heavy atom. The summed E-state index contributed by atoms with van der Waals surface area (Å²) in [5.74, 6) is 0.694. The fourth-order valence-corrected chi connectivity index (χ4v) is 3.94. The molecule has 0 aliphatic heterocycles. The van der Waals surface area contributed by atoms with E-state index < -0.39 is 17.8 Å². The van der Waals surface area contributed by atoms with Gasteiger partial charge in [0.1, 0.15) is 23.7 Å². The Morgan fingerprint density at radius 2 is 1.69 bits per heavy atom. The van der Waals surface area contributed by atoms with E-state index in [-0.39, 0.29) is 29.9 Å². The molecule has 2 aromatic carbocycles. The lowest BCUT2D eigenvalue weighted by molar-refractivity contribution is -0.137. The Labute approximate surface area is 228 Å². The second-order valence-electron chi connectivity index (χ2n) is 8.38. The van der Waals surface area contributed by atoms with Gasteiger partial charge in [0.05, 0.1) is 11.3 Å². The molecule has 7 nitrogen and oxygen atoms in total. The summed E-state index contributed by atoms with van der Waals surface area (Å²) in [4.78, 5) is 26.6. The fraction of sp³-hybridized carbons (Fsp3) is 0.214. The number of pyridine rings is 1. The Hall–Kier alpha value is -4.18. The Morgan fingerprint density at radius 3 is 2.33 bits per heavy atom. The zero-order valence-corrected chi connectivity index (χ0v) is 21.6. The quantitative estimate of drug-likeness (QED) is 0.215. The van der Waals surface area contributed by atoms with Gasteiger partial charge in [-0.25, -0.2) is 19.7 Å². The van der Waals surface area contributed by atoms with Crippen LogP contribution in [0.4, 0.5) is 23.8 Å². The van der Waals surface area contributed by atoms with Crippen LogP contribution in [0.15, 0.2) is 79.3 Å². The van der Waals surface area contributed by atoms with Crippen LogP contribution in [0.25, 0.3) is 0 Å². The number of benzene rings is 2. The normalized spacial score (nSPS) is 11.2. The summed E-state index contributed by atoms with van der Waals surface area (Å²) in [7, 11) is 0. The number of rotatable bonds is 9. The molecule has 0 fully saturated rings. The third kappa shape index (κ3) is 7.44. The zero-order valence-electron chi connectivity index (χ0n) is 20.9. The summed E-state index contributed by atoms with van der Waals surface area (Å²) in [6, 6.07) is 18.3. The van der Waals surface area contributed by atoms with E-state index >= 15 is 0 Å². The number of aromatic nitrogens is 3. The summed E-state index contributed by atoms with van der Waals surface area (Å²) >= 11 is 6.52. The number of carbonyl (C=O) groups is 1. The molecular weight excluding hydrogens is 533 g/mol. The van der Waals surface area contributed by atoms with Crippen LogP contribution in [-0.4, -0.2) is 27.6 Å². The van der Waals surface area contributed by atoms with Gasteiger partial charge < -0.3 is 9.47 Å². The maximum Gasteiger partial charge on any atom is 0.417 e. The summed E-state index contributed by atoms with van der Waals surface area (Å²) < 4.78 is 49.3. The van der Waals surface area contributed by atoms with Gasteiger partial charge in [-0.15, -0.1) is 0 Å². The molecule has 202 valence electrons. The molecular formula is C28H24ClF3N4O3. The maximum atomic E-state index is 13.1. The van der Waals surface area contributed by atoms with E-state index in [1.165, 1.54) is 11.2 Å². The highest BCUT2D eigenvalue weighted by molar-refractivity contribution is 6.34. The first-order chi connectivity index (χ1) is 18.7. The lowest BCUT2D eigenvalue weighted by atomic mass is 10.1. The van der Waals surface area contributed by atoms with Gasteiger partial charge in [-0.3, -0.25) is 4.90 Å². The molecule has 0 radical (unpaired) electrons. The first-order valence-electron chi connectivity index (χ1n) is 12.0. The minimum Gasteiger partial charge on any atom is -0.444 e. The number of carbonyl (C=O) groups excluding carboxylic acids is 1. The minimum absolute atomic E-state index is 0.0354. The van der Waals surface area contributed by atoms with Crippen molar-refractivity contribution < 1.29 is 27.4 Å². The molecule has 11 heteroatoms. The van der Waals surface area contributed by atoms with E-state index in [2.05, 4.69) is 15.0 Å². The lowest BCUT2D eigenvalue weighted by Gasteiger charge is -2.23. The van der Waals surface area contributed by atoms with Crippen LogP contribution in [0.3, 0.4) is 0 Å². The average Bonchev–Trinajstić information content (AvgIpc) is 2.94. The van der Waals surface area contributed by atoms with Crippen molar-refractivity contribution in [1.82, 2.24) is 15.0 Å². The molecule has 0 unspecified atom stereocenters. The Kier molecular flexibility index (Phi) is 8.98. The van der Waals surface area contributed by atoms with E-state index in [9.17, 15) is 18.0 Å². The molecule has 2 heterocycles. The first-order valence-corrected chi connectivity index (χ1v) is 12.4. The van der Waals surface area contributed by atoms with E-state index in [4.69, 9.17) is 21.1 Å². The van der Waals surface area contributed by atoms with Crippen molar-refractivity contribution in [3.8, 4) is 11.6 Å². The van der Waals surface area contributed by atoms with Crippen molar-refractivity contribution in [3.05, 3.63) is 107 Å². The molecule has 4 rings (SSSR count). The molecule has 0 aliphatic rings. The predicted molar refractivity (Wildman–Crippen MR) is 140 cm³/mol. The average molecular weight is 557 g/mol. The molecule has 0 N–H and O–H groups in total. The molecule has 2 aromatic heterocycles. The molecule has 0 aliphatic carbocycles. The van der Waals surface area contributed by atoms with Crippen molar-refractivity contribution in [1.29, 1.82) is 0 Å². The molecule has 0 saturated heterocycles. The van der Waals surface area contributed by atoms with Gasteiger partial charge in [-0.2, -0.15) is 13.2 Å². The van der Waals surface area contributed by atoms with Crippen LogP contribution in [0.2, 0.25) is 5.02 Å². The molecule has 0 bridgehead atoms. The molecule has 1 amide bonds. The maximum absolute atomic E-state index is 13.1. The second-order valence-corrected chi connectivity index (χ2v) is 8.76. The van der Waals surface area contributed by atoms with Gasteiger partial charge in [0, 0.05) is 18.8 Å². The topological polar surface area (TPSA) is 77.4 Å². The zero-order chi connectivity index (χ0) is 27.8. The number of ether oxygens (including phenoxy) is 2. The van der Waals surface area contributed by atoms with Crippen LogP contribution in [0.5, 0.6) is 11.6 Å². The third-order valence-electron chi connectivity index (χ3n) is 5.69. The van der Waals surface area contributed by atoms with E-state index in [0.717, 1.165) is 29.5 Å². The monoisotopic (exact) mass is 556 g/mol. The van der Waals surface area contributed by atoms with Crippen molar-refractivity contribution in [2.45, 2.75) is 32.5 Å². The second kappa shape index (κ2) is 12.6. The number of hydrogen-bond donors (Lipinski definition) is 0. The third-order valence-corrected chi connectivity index (χ3v) is 6.08. The van der Waals surface area contributed by atoms with Gasteiger partial charge in [-0.05, 0) is 42.2 Å². The van der Waals surface area contributed by atoms with Gasteiger partial charge in [-0.1, -0.05) is 61.0 Å². The fourth-order valence-electron chi connectivity index (χ4n) is 3.61. The highest BCUT2D eigenvalue weighted by Crippen LogP contribution is 2.30. The van der Waals surface area contributed by atoms with Crippen LogP contribution in [0.1, 0.15) is 29.3 Å². The van der Waals surface area contributed by atoms with E-state index in [1.54, 1.807) is 24.3 Å². The number of anilines is 1. The molecule has 0 saturated carbocycles. The number of halogens is 4. The summed E-state index contributed by atoms with van der Waals surface area (Å²) in [5.41, 5.74) is 1.46. The van der Waals surface area contributed by atoms with Crippen molar-refractivity contribution in [2.24, 2.45) is 0 Å². The summed E-state index contributed by atoms with van der Waals surface area (Å²) in [5, 5.41) is 0.282. The highest BCUT2D eigenvalue weighted by atomic mass is 35.5. The number of amides is 1. The number of hydrogen-bond acceptors (Lipinski definition) is 6. The van der Waals surface area contributed by atoms with Crippen LogP contribution in [-0.2, 0) is 30.4 Å². The van der Waals surface area contributed by atoms with Crippen molar-refractivity contribution in [3.63, 3.8) is 0 Å². The summed E-state index contributed by atoms with van der Waals surface area (Å²) in [6.45, 7) is 2.21. The number of nitrogens with zero attached hydrogens (tertiary/aromatic N) is 4. The predicted octanol–water partition coefficient (Wildman–Crippen LogP) is 7.28. The molecule has 0 spiro atoms. The molecule has 39 heavy (non-hydrogen) atoms.